The zero-order chi connectivity index (χ0) is 12.3. The maximum atomic E-state index is 11.2. The molecule has 0 saturated heterocycles. The smallest absolute Gasteiger partial charge is 0.222 e. The van der Waals surface area contributed by atoms with Crippen LogP contribution in [-0.4, -0.2) is 19.1 Å². The van der Waals surface area contributed by atoms with E-state index in [0.717, 1.165) is 5.56 Å². The highest BCUT2D eigenvalue weighted by atomic mass is 16.5. The largest absolute Gasteiger partial charge is 0.376 e. The molecule has 0 radical (unpaired) electrons. The van der Waals surface area contributed by atoms with Crippen LogP contribution in [0, 0.1) is 11.3 Å². The quantitative estimate of drug-likeness (QED) is 0.727. The average molecular weight is 232 g/mol. The van der Waals surface area contributed by atoms with Crippen LogP contribution in [0.2, 0.25) is 0 Å². The van der Waals surface area contributed by atoms with Crippen molar-refractivity contribution in [1.29, 1.82) is 5.26 Å². The van der Waals surface area contributed by atoms with Gasteiger partial charge in [-0.1, -0.05) is 30.3 Å². The fraction of sp³-hybridized carbons (Fsp3) is 0.385. The summed E-state index contributed by atoms with van der Waals surface area (Å²) < 4.78 is 5.37. The minimum atomic E-state index is -0.0756. The summed E-state index contributed by atoms with van der Waals surface area (Å²) in [7, 11) is 0. The highest BCUT2D eigenvalue weighted by Gasteiger charge is 2.00. The van der Waals surface area contributed by atoms with Crippen molar-refractivity contribution < 1.29 is 9.53 Å². The molecule has 17 heavy (non-hydrogen) atoms. The van der Waals surface area contributed by atoms with Crippen LogP contribution in [0.3, 0.4) is 0 Å². The SMILES string of the molecule is N#CCCNC(=O)CCOCc1ccccc1. The van der Waals surface area contributed by atoms with Gasteiger partial charge in [-0.3, -0.25) is 4.79 Å². The molecule has 1 amide bonds. The maximum Gasteiger partial charge on any atom is 0.222 e. The number of benzene rings is 1. The summed E-state index contributed by atoms with van der Waals surface area (Å²) in [6, 6.07) is 11.8. The van der Waals surface area contributed by atoms with Crippen LogP contribution in [0.5, 0.6) is 0 Å². The number of carbonyl (C=O) groups is 1. The lowest BCUT2D eigenvalue weighted by atomic mass is 10.2. The Kier molecular flexibility index (Phi) is 6.46. The molecule has 0 spiro atoms. The molecule has 0 aliphatic carbocycles. The van der Waals surface area contributed by atoms with Crippen molar-refractivity contribution in [3.63, 3.8) is 0 Å². The second-order valence-corrected chi connectivity index (χ2v) is 3.55. The zero-order valence-corrected chi connectivity index (χ0v) is 9.69. The van der Waals surface area contributed by atoms with Crippen molar-refractivity contribution in [2.24, 2.45) is 0 Å². The van der Waals surface area contributed by atoms with E-state index in [1.165, 1.54) is 0 Å². The van der Waals surface area contributed by atoms with E-state index in [4.69, 9.17) is 10.00 Å². The first-order chi connectivity index (χ1) is 8.33. The lowest BCUT2D eigenvalue weighted by molar-refractivity contribution is -0.122. The Hall–Kier alpha value is -1.86. The Morgan fingerprint density at radius 1 is 1.35 bits per heavy atom. The third kappa shape index (κ3) is 6.33. The Morgan fingerprint density at radius 2 is 2.12 bits per heavy atom. The summed E-state index contributed by atoms with van der Waals surface area (Å²) in [5, 5.41) is 10.9. The summed E-state index contributed by atoms with van der Waals surface area (Å²) in [5.41, 5.74) is 1.09. The molecule has 0 saturated carbocycles. The van der Waals surface area contributed by atoms with Crippen molar-refractivity contribution in [3.8, 4) is 6.07 Å². The van der Waals surface area contributed by atoms with Gasteiger partial charge in [0.05, 0.1) is 25.7 Å². The lowest BCUT2D eigenvalue weighted by Gasteiger charge is -2.04. The Balaban J connectivity index is 2.04. The van der Waals surface area contributed by atoms with Gasteiger partial charge in [0.2, 0.25) is 5.91 Å². The number of nitrogens with zero attached hydrogens (tertiary/aromatic N) is 1. The third-order valence-electron chi connectivity index (χ3n) is 2.14. The van der Waals surface area contributed by atoms with Gasteiger partial charge in [0.1, 0.15) is 0 Å². The van der Waals surface area contributed by atoms with Gasteiger partial charge in [-0.05, 0) is 5.56 Å². The summed E-state index contributed by atoms with van der Waals surface area (Å²) in [6.07, 6.45) is 0.675. The highest BCUT2D eigenvalue weighted by molar-refractivity contribution is 5.75. The molecular formula is C13H16N2O2. The number of nitriles is 1. The van der Waals surface area contributed by atoms with Crippen LogP contribution in [0.25, 0.3) is 0 Å². The van der Waals surface area contributed by atoms with Gasteiger partial charge in [0.25, 0.3) is 0 Å². The molecule has 0 atom stereocenters. The Morgan fingerprint density at radius 3 is 2.82 bits per heavy atom. The molecule has 1 aromatic rings. The van der Waals surface area contributed by atoms with Crippen LogP contribution in [0.15, 0.2) is 30.3 Å². The number of hydrogen-bond donors (Lipinski definition) is 1. The fourth-order valence-corrected chi connectivity index (χ4v) is 1.28. The van der Waals surface area contributed by atoms with E-state index in [-0.39, 0.29) is 5.91 Å². The van der Waals surface area contributed by atoms with E-state index >= 15 is 0 Å². The van der Waals surface area contributed by atoms with Gasteiger partial charge in [-0.25, -0.2) is 0 Å². The molecule has 0 aromatic heterocycles. The summed E-state index contributed by atoms with van der Waals surface area (Å²) in [6.45, 7) is 1.33. The topological polar surface area (TPSA) is 62.1 Å². The van der Waals surface area contributed by atoms with Gasteiger partial charge in [0, 0.05) is 13.0 Å². The number of ether oxygens (including phenoxy) is 1. The van der Waals surface area contributed by atoms with Crippen molar-refractivity contribution in [3.05, 3.63) is 35.9 Å². The molecule has 0 unspecified atom stereocenters. The molecule has 0 heterocycles. The molecule has 1 N–H and O–H groups in total. The van der Waals surface area contributed by atoms with E-state index in [2.05, 4.69) is 5.32 Å². The first-order valence-corrected chi connectivity index (χ1v) is 5.58. The number of amides is 1. The molecule has 4 nitrogen and oxygen atoms in total. The van der Waals surface area contributed by atoms with E-state index in [1.54, 1.807) is 0 Å². The van der Waals surface area contributed by atoms with Crippen LogP contribution in [0.1, 0.15) is 18.4 Å². The molecule has 1 rings (SSSR count). The minimum absolute atomic E-state index is 0.0756. The normalized spacial score (nSPS) is 9.59. The van der Waals surface area contributed by atoms with Crippen LogP contribution in [0.4, 0.5) is 0 Å². The standard InChI is InChI=1S/C13H16N2O2/c14-8-4-9-15-13(16)7-10-17-11-12-5-2-1-3-6-12/h1-3,5-6H,4,7,9-11H2,(H,15,16). The Bertz CT molecular complexity index is 371. The van der Waals surface area contributed by atoms with Crippen molar-refractivity contribution >= 4 is 5.91 Å². The van der Waals surface area contributed by atoms with Crippen molar-refractivity contribution in [1.82, 2.24) is 5.32 Å². The Labute approximate surface area is 101 Å². The van der Waals surface area contributed by atoms with E-state index < -0.39 is 0 Å². The maximum absolute atomic E-state index is 11.2. The highest BCUT2D eigenvalue weighted by Crippen LogP contribution is 2.00. The molecule has 0 bridgehead atoms. The van der Waals surface area contributed by atoms with Crippen LogP contribution in [-0.2, 0) is 16.1 Å². The molecule has 0 aliphatic rings. The van der Waals surface area contributed by atoms with Gasteiger partial charge in [-0.2, -0.15) is 5.26 Å². The molecule has 4 heteroatoms. The van der Waals surface area contributed by atoms with Crippen molar-refractivity contribution in [2.45, 2.75) is 19.4 Å². The monoisotopic (exact) mass is 232 g/mol. The fourth-order valence-electron chi connectivity index (χ4n) is 1.28. The number of carbonyl (C=O) groups excluding carboxylic acids is 1. The average Bonchev–Trinajstić information content (AvgIpc) is 2.36. The molecular weight excluding hydrogens is 216 g/mol. The first kappa shape index (κ1) is 13.2. The number of nitrogens with one attached hydrogen (secondary N) is 1. The van der Waals surface area contributed by atoms with E-state index in [9.17, 15) is 4.79 Å². The zero-order valence-electron chi connectivity index (χ0n) is 9.69. The van der Waals surface area contributed by atoms with Crippen LogP contribution < -0.4 is 5.32 Å². The third-order valence-corrected chi connectivity index (χ3v) is 2.14. The molecule has 0 fully saturated rings. The molecule has 90 valence electrons. The summed E-state index contributed by atoms with van der Waals surface area (Å²) in [5.74, 6) is -0.0756. The van der Waals surface area contributed by atoms with Crippen molar-refractivity contribution in [2.75, 3.05) is 13.2 Å². The van der Waals surface area contributed by atoms with E-state index in [1.807, 2.05) is 36.4 Å². The van der Waals surface area contributed by atoms with Gasteiger partial charge in [-0.15, -0.1) is 0 Å². The minimum Gasteiger partial charge on any atom is -0.376 e. The second-order valence-electron chi connectivity index (χ2n) is 3.55. The van der Waals surface area contributed by atoms with E-state index in [0.29, 0.717) is 32.6 Å². The second kappa shape index (κ2) is 8.31. The molecule has 1 aromatic carbocycles. The number of rotatable bonds is 7. The first-order valence-electron chi connectivity index (χ1n) is 5.58. The number of hydrogen-bond acceptors (Lipinski definition) is 3. The predicted octanol–water partition coefficient (Wildman–Crippen LogP) is 1.62. The van der Waals surface area contributed by atoms with Gasteiger partial charge < -0.3 is 10.1 Å². The molecule has 0 aliphatic heterocycles. The predicted molar refractivity (Wildman–Crippen MR) is 64.0 cm³/mol. The summed E-state index contributed by atoms with van der Waals surface area (Å²) in [4.78, 5) is 11.2. The van der Waals surface area contributed by atoms with Gasteiger partial charge >= 0.3 is 0 Å². The lowest BCUT2D eigenvalue weighted by Crippen LogP contribution is -2.25. The van der Waals surface area contributed by atoms with Crippen LogP contribution >= 0.6 is 0 Å². The summed E-state index contributed by atoms with van der Waals surface area (Å²) >= 11 is 0. The van der Waals surface area contributed by atoms with Gasteiger partial charge in [0.15, 0.2) is 0 Å².